The summed E-state index contributed by atoms with van der Waals surface area (Å²) in [5.74, 6) is -0.914. The van der Waals surface area contributed by atoms with Gasteiger partial charge in [0.2, 0.25) is 0 Å². The Morgan fingerprint density at radius 3 is 2.33 bits per heavy atom. The van der Waals surface area contributed by atoms with Gasteiger partial charge in [0.05, 0.1) is 12.5 Å². The minimum Gasteiger partial charge on any atom is -0.544 e. The van der Waals surface area contributed by atoms with Crippen molar-refractivity contribution >= 4 is 41.1 Å². The SMILES string of the molecule is O=C([O-])[C@@H]1CCC[NH2+]1.OB(O)c1ccc(I)cc1. The number of hydrogen-bond acceptors (Lipinski definition) is 4. The largest absolute Gasteiger partial charge is 0.544 e. The van der Waals surface area contributed by atoms with Gasteiger partial charge in [0.1, 0.15) is 6.04 Å². The number of hydrogen-bond donors (Lipinski definition) is 3. The summed E-state index contributed by atoms with van der Waals surface area (Å²) < 4.78 is 1.09. The molecule has 1 aliphatic rings. The number of halogens is 1. The fraction of sp³-hybridized carbons (Fsp3) is 0.364. The Kier molecular flexibility index (Phi) is 6.62. The minimum absolute atomic E-state index is 0.255. The van der Waals surface area contributed by atoms with Crippen LogP contribution in [0.15, 0.2) is 24.3 Å². The number of carboxylic acids is 1. The van der Waals surface area contributed by atoms with Crippen LogP contribution < -0.4 is 15.9 Å². The van der Waals surface area contributed by atoms with Crippen molar-refractivity contribution in [1.29, 1.82) is 0 Å². The fourth-order valence-corrected chi connectivity index (χ4v) is 1.98. The minimum atomic E-state index is -1.35. The van der Waals surface area contributed by atoms with E-state index in [4.69, 9.17) is 10.0 Å². The van der Waals surface area contributed by atoms with Gasteiger partial charge in [-0.3, -0.25) is 0 Å². The van der Waals surface area contributed by atoms with Gasteiger partial charge in [-0.1, -0.05) is 12.1 Å². The molecule has 4 N–H and O–H groups in total. The summed E-state index contributed by atoms with van der Waals surface area (Å²) >= 11 is 2.16. The van der Waals surface area contributed by atoms with E-state index in [1.54, 1.807) is 12.1 Å². The van der Waals surface area contributed by atoms with Crippen molar-refractivity contribution in [2.75, 3.05) is 6.54 Å². The van der Waals surface area contributed by atoms with Crippen LogP contribution in [-0.4, -0.2) is 35.7 Å². The van der Waals surface area contributed by atoms with Crippen LogP contribution in [0.4, 0.5) is 0 Å². The summed E-state index contributed by atoms with van der Waals surface area (Å²) in [7, 11) is -1.35. The van der Waals surface area contributed by atoms with Crippen LogP contribution in [-0.2, 0) is 4.79 Å². The van der Waals surface area contributed by atoms with Crippen molar-refractivity contribution < 1.29 is 25.3 Å². The zero-order valence-electron chi connectivity index (χ0n) is 9.75. The normalized spacial score (nSPS) is 17.8. The number of benzene rings is 1. The first-order chi connectivity index (χ1) is 8.50. The molecule has 7 heteroatoms. The Morgan fingerprint density at radius 2 is 2.00 bits per heavy atom. The van der Waals surface area contributed by atoms with E-state index in [1.165, 1.54) is 0 Å². The van der Waals surface area contributed by atoms with E-state index >= 15 is 0 Å². The monoisotopic (exact) mass is 363 g/mol. The molecule has 0 amide bonds. The number of aliphatic carboxylic acids is 1. The Balaban J connectivity index is 0.000000184. The third kappa shape index (κ3) is 5.34. The molecule has 0 saturated carbocycles. The van der Waals surface area contributed by atoms with E-state index in [0.29, 0.717) is 5.46 Å². The highest BCUT2D eigenvalue weighted by Gasteiger charge is 2.18. The molecular weight excluding hydrogens is 348 g/mol. The Hall–Kier alpha value is -0.635. The van der Waals surface area contributed by atoms with Gasteiger partial charge < -0.3 is 25.3 Å². The van der Waals surface area contributed by atoms with E-state index in [2.05, 4.69) is 22.6 Å². The van der Waals surface area contributed by atoms with Crippen LogP contribution in [0.25, 0.3) is 0 Å². The fourth-order valence-electron chi connectivity index (χ4n) is 1.62. The maximum atomic E-state index is 10.1. The molecule has 1 atom stereocenters. The highest BCUT2D eigenvalue weighted by molar-refractivity contribution is 14.1. The van der Waals surface area contributed by atoms with E-state index in [9.17, 15) is 9.90 Å². The number of quaternary nitrogens is 1. The molecule has 2 rings (SSSR count). The van der Waals surface area contributed by atoms with Gasteiger partial charge in [0.15, 0.2) is 0 Å². The average Bonchev–Trinajstić information content (AvgIpc) is 2.84. The quantitative estimate of drug-likeness (QED) is 0.398. The highest BCUT2D eigenvalue weighted by Crippen LogP contribution is 1.99. The molecule has 1 aromatic carbocycles. The number of carbonyl (C=O) groups is 1. The molecule has 18 heavy (non-hydrogen) atoms. The van der Waals surface area contributed by atoms with Crippen molar-refractivity contribution in [3.63, 3.8) is 0 Å². The zero-order valence-corrected chi connectivity index (χ0v) is 11.9. The second-order valence-corrected chi connectivity index (χ2v) is 5.26. The van der Waals surface area contributed by atoms with Crippen molar-refractivity contribution in [2.24, 2.45) is 0 Å². The smallest absolute Gasteiger partial charge is 0.488 e. The van der Waals surface area contributed by atoms with Gasteiger partial charge in [-0.15, -0.1) is 0 Å². The summed E-state index contributed by atoms with van der Waals surface area (Å²) in [6.45, 7) is 0.943. The Labute approximate surface area is 120 Å². The van der Waals surface area contributed by atoms with Gasteiger partial charge in [-0.25, -0.2) is 0 Å². The predicted molar refractivity (Wildman–Crippen MR) is 73.8 cm³/mol. The molecule has 0 unspecified atom stereocenters. The van der Waals surface area contributed by atoms with Crippen LogP contribution in [0.3, 0.4) is 0 Å². The van der Waals surface area contributed by atoms with E-state index in [0.717, 1.165) is 23.0 Å². The molecule has 1 heterocycles. The third-order valence-electron chi connectivity index (χ3n) is 2.64. The third-order valence-corrected chi connectivity index (χ3v) is 3.36. The zero-order chi connectivity index (χ0) is 13.5. The molecule has 1 aliphatic heterocycles. The lowest BCUT2D eigenvalue weighted by atomic mass is 9.81. The maximum Gasteiger partial charge on any atom is 0.488 e. The first kappa shape index (κ1) is 15.4. The molecule has 1 saturated heterocycles. The summed E-state index contributed by atoms with van der Waals surface area (Å²) in [5.41, 5.74) is 0.528. The van der Waals surface area contributed by atoms with Gasteiger partial charge >= 0.3 is 7.12 Å². The van der Waals surface area contributed by atoms with Gasteiger partial charge in [0, 0.05) is 16.4 Å². The molecule has 0 bridgehead atoms. The lowest BCUT2D eigenvalue weighted by Gasteiger charge is -2.05. The Bertz CT molecular complexity index is 379. The highest BCUT2D eigenvalue weighted by atomic mass is 127. The standard InChI is InChI=1S/C6H6BIO2.C5H9NO2/c8-6-3-1-5(2-4-6)7(9)10;7-5(8)4-2-1-3-6-4/h1-4,9-10H;4,6H,1-3H2,(H,7,8)/t;4-/m.0/s1. The molecule has 0 radical (unpaired) electrons. The molecule has 0 aromatic heterocycles. The lowest BCUT2D eigenvalue weighted by Crippen LogP contribution is -2.89. The second kappa shape index (κ2) is 7.72. The van der Waals surface area contributed by atoms with Crippen LogP contribution in [0.1, 0.15) is 12.8 Å². The first-order valence-electron chi connectivity index (χ1n) is 5.66. The van der Waals surface area contributed by atoms with E-state index < -0.39 is 13.1 Å². The summed E-state index contributed by atoms with van der Waals surface area (Å²) in [5, 5.41) is 29.2. The van der Waals surface area contributed by atoms with Crippen LogP contribution >= 0.6 is 22.6 Å². The van der Waals surface area contributed by atoms with Crippen molar-refractivity contribution in [3.8, 4) is 0 Å². The molecule has 5 nitrogen and oxygen atoms in total. The van der Waals surface area contributed by atoms with Crippen molar-refractivity contribution in [2.45, 2.75) is 18.9 Å². The maximum absolute atomic E-state index is 10.1. The van der Waals surface area contributed by atoms with Gasteiger partial charge in [0.25, 0.3) is 0 Å². The summed E-state index contributed by atoms with van der Waals surface area (Å²) in [6.07, 6.45) is 1.79. The van der Waals surface area contributed by atoms with Gasteiger partial charge in [-0.05, 0) is 40.2 Å². The van der Waals surface area contributed by atoms with Crippen LogP contribution in [0.2, 0.25) is 0 Å². The topological polar surface area (TPSA) is 97.2 Å². The predicted octanol–water partition coefficient (Wildman–Crippen LogP) is -2.57. The average molecular weight is 363 g/mol. The molecule has 98 valence electrons. The van der Waals surface area contributed by atoms with Crippen LogP contribution in [0.5, 0.6) is 0 Å². The summed E-state index contributed by atoms with van der Waals surface area (Å²) in [4.78, 5) is 10.1. The number of carbonyl (C=O) groups excluding carboxylic acids is 1. The molecule has 0 spiro atoms. The molecular formula is C11H15BINO4. The Morgan fingerprint density at radius 1 is 1.39 bits per heavy atom. The summed E-state index contributed by atoms with van der Waals surface area (Å²) in [6, 6.07) is 6.78. The molecule has 1 aromatic rings. The van der Waals surface area contributed by atoms with E-state index in [1.807, 2.05) is 17.4 Å². The molecule has 0 aliphatic carbocycles. The van der Waals surface area contributed by atoms with Crippen molar-refractivity contribution in [3.05, 3.63) is 27.8 Å². The second-order valence-electron chi connectivity index (χ2n) is 4.02. The number of nitrogens with two attached hydrogens (primary N) is 1. The van der Waals surface area contributed by atoms with Crippen molar-refractivity contribution in [1.82, 2.24) is 0 Å². The number of rotatable bonds is 2. The van der Waals surface area contributed by atoms with E-state index in [-0.39, 0.29) is 6.04 Å². The van der Waals surface area contributed by atoms with Gasteiger partial charge in [-0.2, -0.15) is 0 Å². The molecule has 1 fully saturated rings. The van der Waals surface area contributed by atoms with Crippen LogP contribution in [0, 0.1) is 3.57 Å². The lowest BCUT2D eigenvalue weighted by molar-refractivity contribution is -0.664. The first-order valence-corrected chi connectivity index (χ1v) is 6.74. The number of carboxylic acid groups (broad SMARTS) is 1.